The quantitative estimate of drug-likeness (QED) is 0.746. The van der Waals surface area contributed by atoms with E-state index in [9.17, 15) is 9.59 Å². The van der Waals surface area contributed by atoms with E-state index in [4.69, 9.17) is 0 Å². The Kier molecular flexibility index (Phi) is 5.25. The lowest BCUT2D eigenvalue weighted by atomic mass is 10.1. The molecule has 0 aromatic carbocycles. The molecule has 2 N–H and O–H groups in total. The first kappa shape index (κ1) is 13.0. The summed E-state index contributed by atoms with van der Waals surface area (Å²) in [7, 11) is 0. The van der Waals surface area contributed by atoms with Crippen molar-refractivity contribution in [3.05, 3.63) is 0 Å². The number of piperidine rings is 1. The SMILES string of the molecule is CCNC(=O)NC(=O)C(C)N1CCCCC1. The summed E-state index contributed by atoms with van der Waals surface area (Å²) in [5.74, 6) is -0.215. The summed E-state index contributed by atoms with van der Waals surface area (Å²) >= 11 is 0. The number of hydrogen-bond acceptors (Lipinski definition) is 3. The number of carbonyl (C=O) groups is 2. The Morgan fingerprint density at radius 1 is 1.25 bits per heavy atom. The third kappa shape index (κ3) is 3.81. The van der Waals surface area contributed by atoms with Crippen molar-refractivity contribution in [2.24, 2.45) is 0 Å². The maximum Gasteiger partial charge on any atom is 0.321 e. The van der Waals surface area contributed by atoms with E-state index in [1.807, 2.05) is 13.8 Å². The Hall–Kier alpha value is -1.10. The summed E-state index contributed by atoms with van der Waals surface area (Å²) in [6, 6.07) is -0.626. The third-order valence-electron chi connectivity index (χ3n) is 2.89. The number of urea groups is 1. The van der Waals surface area contributed by atoms with Crippen LogP contribution in [0.4, 0.5) is 4.79 Å². The topological polar surface area (TPSA) is 61.4 Å². The minimum Gasteiger partial charge on any atom is -0.338 e. The smallest absolute Gasteiger partial charge is 0.321 e. The molecule has 5 nitrogen and oxygen atoms in total. The molecule has 0 saturated carbocycles. The number of carbonyl (C=O) groups excluding carboxylic acids is 2. The highest BCUT2D eigenvalue weighted by Crippen LogP contribution is 2.11. The standard InChI is InChI=1S/C11H21N3O2/c1-3-12-11(16)13-10(15)9(2)14-7-5-4-6-8-14/h9H,3-8H2,1-2H3,(H2,12,13,15,16). The zero-order valence-corrected chi connectivity index (χ0v) is 10.1. The first-order valence-electron chi connectivity index (χ1n) is 5.98. The lowest BCUT2D eigenvalue weighted by Crippen LogP contribution is -2.50. The van der Waals surface area contributed by atoms with Crippen LogP contribution in [0.25, 0.3) is 0 Å². The number of amides is 3. The number of imide groups is 1. The Labute approximate surface area is 96.6 Å². The van der Waals surface area contributed by atoms with E-state index in [1.54, 1.807) is 0 Å². The van der Waals surface area contributed by atoms with Crippen molar-refractivity contribution in [2.45, 2.75) is 39.2 Å². The fourth-order valence-corrected chi connectivity index (χ4v) is 1.89. The van der Waals surface area contributed by atoms with Crippen LogP contribution in [0, 0.1) is 0 Å². The maximum absolute atomic E-state index is 11.7. The molecule has 0 radical (unpaired) electrons. The van der Waals surface area contributed by atoms with Gasteiger partial charge in [0.25, 0.3) is 0 Å². The van der Waals surface area contributed by atoms with E-state index in [0.717, 1.165) is 25.9 Å². The van der Waals surface area contributed by atoms with Crippen molar-refractivity contribution in [3.8, 4) is 0 Å². The minimum atomic E-state index is -0.406. The van der Waals surface area contributed by atoms with E-state index < -0.39 is 6.03 Å². The van der Waals surface area contributed by atoms with E-state index in [2.05, 4.69) is 15.5 Å². The number of nitrogens with one attached hydrogen (secondary N) is 2. The van der Waals surface area contributed by atoms with Crippen molar-refractivity contribution in [3.63, 3.8) is 0 Å². The summed E-state index contributed by atoms with van der Waals surface area (Å²) < 4.78 is 0. The fraction of sp³-hybridized carbons (Fsp3) is 0.818. The molecule has 0 aliphatic carbocycles. The lowest BCUT2D eigenvalue weighted by molar-refractivity contribution is -0.125. The van der Waals surface area contributed by atoms with Crippen LogP contribution in [0.3, 0.4) is 0 Å². The summed E-state index contributed by atoms with van der Waals surface area (Å²) in [5.41, 5.74) is 0. The average Bonchev–Trinajstić information content (AvgIpc) is 2.29. The Balaban J connectivity index is 2.37. The van der Waals surface area contributed by atoms with Crippen LogP contribution in [0.2, 0.25) is 0 Å². The molecule has 1 aliphatic heterocycles. The number of nitrogens with zero attached hydrogens (tertiary/aromatic N) is 1. The summed E-state index contributed by atoms with van der Waals surface area (Å²) in [5, 5.41) is 4.89. The molecule has 0 spiro atoms. The largest absolute Gasteiger partial charge is 0.338 e. The Bertz CT molecular complexity index is 250. The monoisotopic (exact) mass is 227 g/mol. The van der Waals surface area contributed by atoms with E-state index in [-0.39, 0.29) is 11.9 Å². The van der Waals surface area contributed by atoms with Crippen LogP contribution < -0.4 is 10.6 Å². The molecule has 92 valence electrons. The molecular weight excluding hydrogens is 206 g/mol. The van der Waals surface area contributed by atoms with Crippen LogP contribution in [0.1, 0.15) is 33.1 Å². The normalized spacial score (nSPS) is 18.9. The average molecular weight is 227 g/mol. The van der Waals surface area contributed by atoms with Gasteiger partial charge in [0.2, 0.25) is 5.91 Å². The summed E-state index contributed by atoms with van der Waals surface area (Å²) in [4.78, 5) is 25.0. The van der Waals surface area contributed by atoms with Crippen molar-refractivity contribution in [1.29, 1.82) is 0 Å². The maximum atomic E-state index is 11.7. The van der Waals surface area contributed by atoms with Gasteiger partial charge in [0.05, 0.1) is 6.04 Å². The Morgan fingerprint density at radius 2 is 1.88 bits per heavy atom. The second kappa shape index (κ2) is 6.48. The highest BCUT2D eigenvalue weighted by Gasteiger charge is 2.23. The van der Waals surface area contributed by atoms with Gasteiger partial charge in [-0.3, -0.25) is 15.0 Å². The van der Waals surface area contributed by atoms with Crippen LogP contribution in [-0.2, 0) is 4.79 Å². The molecule has 1 rings (SSSR count). The molecule has 1 fully saturated rings. The first-order chi connectivity index (χ1) is 7.65. The van der Waals surface area contributed by atoms with E-state index >= 15 is 0 Å². The predicted octanol–water partition coefficient (Wildman–Crippen LogP) is 0.706. The number of likely N-dealkylation sites (tertiary alicyclic amines) is 1. The van der Waals surface area contributed by atoms with Gasteiger partial charge < -0.3 is 5.32 Å². The van der Waals surface area contributed by atoms with Crippen molar-refractivity contribution < 1.29 is 9.59 Å². The third-order valence-corrected chi connectivity index (χ3v) is 2.89. The molecular formula is C11H21N3O2. The number of rotatable bonds is 3. The second-order valence-corrected chi connectivity index (χ2v) is 4.12. The molecule has 0 aromatic rings. The molecule has 1 aliphatic rings. The fourth-order valence-electron chi connectivity index (χ4n) is 1.89. The van der Waals surface area contributed by atoms with Gasteiger partial charge in [0, 0.05) is 6.54 Å². The predicted molar refractivity (Wildman–Crippen MR) is 62.1 cm³/mol. The van der Waals surface area contributed by atoms with E-state index in [1.165, 1.54) is 6.42 Å². The molecule has 1 atom stereocenters. The molecule has 0 aromatic heterocycles. The van der Waals surface area contributed by atoms with Gasteiger partial charge in [-0.05, 0) is 39.8 Å². The minimum absolute atomic E-state index is 0.215. The Morgan fingerprint density at radius 3 is 2.44 bits per heavy atom. The zero-order valence-electron chi connectivity index (χ0n) is 10.1. The molecule has 5 heteroatoms. The van der Waals surface area contributed by atoms with Crippen LogP contribution in [0.5, 0.6) is 0 Å². The summed E-state index contributed by atoms with van der Waals surface area (Å²) in [6.45, 7) is 6.09. The molecule has 1 heterocycles. The van der Waals surface area contributed by atoms with E-state index in [0.29, 0.717) is 6.54 Å². The summed E-state index contributed by atoms with van der Waals surface area (Å²) in [6.07, 6.45) is 3.51. The van der Waals surface area contributed by atoms with Crippen LogP contribution in [0.15, 0.2) is 0 Å². The molecule has 0 bridgehead atoms. The van der Waals surface area contributed by atoms with Crippen LogP contribution in [-0.4, -0.2) is 42.5 Å². The van der Waals surface area contributed by atoms with Gasteiger partial charge in [-0.15, -0.1) is 0 Å². The zero-order chi connectivity index (χ0) is 12.0. The van der Waals surface area contributed by atoms with Gasteiger partial charge >= 0.3 is 6.03 Å². The van der Waals surface area contributed by atoms with Gasteiger partial charge in [0.15, 0.2) is 0 Å². The molecule has 1 saturated heterocycles. The van der Waals surface area contributed by atoms with Crippen LogP contribution >= 0.6 is 0 Å². The van der Waals surface area contributed by atoms with Gasteiger partial charge in [-0.1, -0.05) is 6.42 Å². The second-order valence-electron chi connectivity index (χ2n) is 4.12. The van der Waals surface area contributed by atoms with Crippen molar-refractivity contribution >= 4 is 11.9 Å². The molecule has 1 unspecified atom stereocenters. The van der Waals surface area contributed by atoms with Gasteiger partial charge in [-0.2, -0.15) is 0 Å². The molecule has 16 heavy (non-hydrogen) atoms. The van der Waals surface area contributed by atoms with Gasteiger partial charge in [-0.25, -0.2) is 4.79 Å². The van der Waals surface area contributed by atoms with Crippen molar-refractivity contribution in [1.82, 2.24) is 15.5 Å². The first-order valence-corrected chi connectivity index (χ1v) is 5.98. The van der Waals surface area contributed by atoms with Gasteiger partial charge in [0.1, 0.15) is 0 Å². The highest BCUT2D eigenvalue weighted by atomic mass is 16.2. The van der Waals surface area contributed by atoms with Crippen molar-refractivity contribution in [2.75, 3.05) is 19.6 Å². The highest BCUT2D eigenvalue weighted by molar-refractivity contribution is 5.96. The number of hydrogen-bond donors (Lipinski definition) is 2. The molecule has 3 amide bonds. The lowest BCUT2D eigenvalue weighted by Gasteiger charge is -2.31.